The van der Waals surface area contributed by atoms with Crippen LogP contribution in [0, 0.1) is 0 Å². The molecule has 0 aliphatic carbocycles. The van der Waals surface area contributed by atoms with E-state index >= 15 is 0 Å². The number of benzene rings is 8. The number of rotatable bonds is 18. The van der Waals surface area contributed by atoms with E-state index in [9.17, 15) is 9.59 Å². The summed E-state index contributed by atoms with van der Waals surface area (Å²) < 4.78 is 0. The second kappa shape index (κ2) is 20.5. The van der Waals surface area contributed by atoms with E-state index in [1.165, 1.54) is 0 Å². The van der Waals surface area contributed by atoms with Gasteiger partial charge >= 0.3 is 0 Å². The number of anilines is 2. The second-order valence-electron chi connectivity index (χ2n) is 15.7. The summed E-state index contributed by atoms with van der Waals surface area (Å²) in [6.45, 7) is 0.931. The molecule has 0 bridgehead atoms. The van der Waals surface area contributed by atoms with Gasteiger partial charge in [0.15, 0.2) is 0 Å². The van der Waals surface area contributed by atoms with Gasteiger partial charge in [0.25, 0.3) is 0 Å². The van der Waals surface area contributed by atoms with Crippen LogP contribution in [0.2, 0.25) is 0 Å². The molecule has 0 aliphatic rings. The van der Waals surface area contributed by atoms with Crippen molar-refractivity contribution in [1.82, 2.24) is 10.6 Å². The molecule has 6 nitrogen and oxygen atoms in total. The number of hydrogen-bond acceptors (Lipinski definition) is 4. The predicted octanol–water partition coefficient (Wildman–Crippen LogP) is 11.1. The van der Waals surface area contributed by atoms with Crippen molar-refractivity contribution >= 4 is 23.2 Å². The van der Waals surface area contributed by atoms with Gasteiger partial charge < -0.3 is 10.6 Å². The van der Waals surface area contributed by atoms with Gasteiger partial charge in [0, 0.05) is 37.3 Å². The summed E-state index contributed by atoms with van der Waals surface area (Å²) in [6.07, 6.45) is 1.31. The maximum Gasteiger partial charge on any atom is 0.225 e. The van der Waals surface area contributed by atoms with Gasteiger partial charge in [0.05, 0.1) is 11.1 Å². The SMILES string of the molecule is O=C(CCNC(c1ccccc1)(c1ccccc1)c1ccccc1)Nc1ccc(Cc2ccc(NC(=O)CCNC(c3ccccc3)(c3ccccc3)c3ccccc3)cc2)cc1. The van der Waals surface area contributed by atoms with Gasteiger partial charge in [0.2, 0.25) is 11.8 Å². The zero-order chi connectivity index (χ0) is 43.2. The molecule has 0 unspecified atom stereocenters. The van der Waals surface area contributed by atoms with Crippen molar-refractivity contribution in [3.05, 3.63) is 275 Å². The molecule has 312 valence electrons. The fourth-order valence-electron chi connectivity index (χ4n) is 8.56. The van der Waals surface area contributed by atoms with Crippen LogP contribution >= 0.6 is 0 Å². The monoisotopic (exact) mass is 824 g/mol. The predicted molar refractivity (Wildman–Crippen MR) is 257 cm³/mol. The van der Waals surface area contributed by atoms with Gasteiger partial charge in [-0.15, -0.1) is 0 Å². The molecule has 0 atom stereocenters. The normalized spacial score (nSPS) is 11.4. The zero-order valence-corrected chi connectivity index (χ0v) is 35.3. The average molecular weight is 825 g/mol. The van der Waals surface area contributed by atoms with Crippen molar-refractivity contribution in [3.63, 3.8) is 0 Å². The van der Waals surface area contributed by atoms with Crippen molar-refractivity contribution in [2.75, 3.05) is 23.7 Å². The highest BCUT2D eigenvalue weighted by molar-refractivity contribution is 5.91. The Kier molecular flexibility index (Phi) is 13.7. The highest BCUT2D eigenvalue weighted by Crippen LogP contribution is 2.38. The lowest BCUT2D eigenvalue weighted by Crippen LogP contribution is -2.45. The average Bonchev–Trinajstić information content (AvgIpc) is 3.35. The maximum absolute atomic E-state index is 13.3. The van der Waals surface area contributed by atoms with Crippen LogP contribution < -0.4 is 21.3 Å². The van der Waals surface area contributed by atoms with Crippen LogP contribution in [0.25, 0.3) is 0 Å². The van der Waals surface area contributed by atoms with Crippen molar-refractivity contribution in [2.24, 2.45) is 0 Å². The molecule has 2 amide bonds. The van der Waals surface area contributed by atoms with Gasteiger partial charge in [0.1, 0.15) is 0 Å². The molecule has 0 spiro atoms. The summed E-state index contributed by atoms with van der Waals surface area (Å²) in [5.41, 5.74) is 9.13. The smallest absolute Gasteiger partial charge is 0.225 e. The number of carbonyl (C=O) groups excluding carboxylic acids is 2. The van der Waals surface area contributed by atoms with E-state index in [2.05, 4.69) is 167 Å². The summed E-state index contributed by atoms with van der Waals surface area (Å²) in [4.78, 5) is 26.6. The van der Waals surface area contributed by atoms with Crippen molar-refractivity contribution in [2.45, 2.75) is 30.3 Å². The molecule has 0 aromatic heterocycles. The largest absolute Gasteiger partial charge is 0.326 e. The molecular formula is C57H52N4O2. The fourth-order valence-corrected chi connectivity index (χ4v) is 8.56. The molecular weight excluding hydrogens is 773 g/mol. The third-order valence-corrected chi connectivity index (χ3v) is 11.6. The van der Waals surface area contributed by atoms with Crippen molar-refractivity contribution < 1.29 is 9.59 Å². The minimum absolute atomic E-state index is 0.0605. The first-order chi connectivity index (χ1) is 31.0. The van der Waals surface area contributed by atoms with E-state index < -0.39 is 11.1 Å². The van der Waals surface area contributed by atoms with Crippen LogP contribution in [0.4, 0.5) is 11.4 Å². The maximum atomic E-state index is 13.3. The standard InChI is InChI=1S/C57H52N4O2/c62-54(39-41-58-56(46-19-7-1-8-20-46,47-21-9-2-10-22-47)48-23-11-3-12-24-48)60-52-35-31-44(32-36-52)43-45-33-37-53(38-34-45)61-55(63)40-42-59-57(49-25-13-4-14-26-49,50-27-15-5-16-28-50)51-29-17-6-18-30-51/h1-38,58-59H,39-43H2,(H,60,62)(H,61,63). The Morgan fingerprint density at radius 1 is 0.317 bits per heavy atom. The molecule has 0 heterocycles. The van der Waals surface area contributed by atoms with E-state index in [0.29, 0.717) is 25.9 Å². The highest BCUT2D eigenvalue weighted by Gasteiger charge is 2.37. The van der Waals surface area contributed by atoms with E-state index in [1.807, 2.05) is 84.9 Å². The van der Waals surface area contributed by atoms with Crippen LogP contribution in [0.1, 0.15) is 57.3 Å². The lowest BCUT2D eigenvalue weighted by atomic mass is 9.77. The number of hydrogen-bond donors (Lipinski definition) is 4. The minimum Gasteiger partial charge on any atom is -0.326 e. The summed E-state index contributed by atoms with van der Waals surface area (Å²) >= 11 is 0. The molecule has 0 aliphatic heterocycles. The third kappa shape index (κ3) is 10.1. The van der Waals surface area contributed by atoms with Gasteiger partial charge in [-0.3, -0.25) is 20.2 Å². The molecule has 8 aromatic rings. The van der Waals surface area contributed by atoms with Crippen LogP contribution in [0.3, 0.4) is 0 Å². The molecule has 0 fully saturated rings. The van der Waals surface area contributed by atoms with Gasteiger partial charge in [-0.05, 0) is 75.2 Å². The third-order valence-electron chi connectivity index (χ3n) is 11.6. The molecule has 0 saturated carbocycles. The topological polar surface area (TPSA) is 82.3 Å². The first kappa shape index (κ1) is 42.3. The molecule has 4 N–H and O–H groups in total. The summed E-state index contributed by atoms with van der Waals surface area (Å²) in [5.74, 6) is -0.121. The highest BCUT2D eigenvalue weighted by atomic mass is 16.2. The van der Waals surface area contributed by atoms with Crippen LogP contribution in [0.15, 0.2) is 231 Å². The Labute approximate surface area is 371 Å². The van der Waals surface area contributed by atoms with Crippen molar-refractivity contribution in [1.29, 1.82) is 0 Å². The fraction of sp³-hybridized carbons (Fsp3) is 0.123. The Bertz CT molecular complexity index is 2260. The molecule has 63 heavy (non-hydrogen) atoms. The van der Waals surface area contributed by atoms with Gasteiger partial charge in [-0.2, -0.15) is 0 Å². The molecule has 0 radical (unpaired) electrons. The quantitative estimate of drug-likeness (QED) is 0.0650. The minimum atomic E-state index is -0.630. The molecule has 8 rings (SSSR count). The number of amides is 2. The van der Waals surface area contributed by atoms with E-state index in [1.54, 1.807) is 0 Å². The van der Waals surface area contributed by atoms with Crippen LogP contribution in [-0.4, -0.2) is 24.9 Å². The van der Waals surface area contributed by atoms with Crippen molar-refractivity contribution in [3.8, 4) is 0 Å². The molecule has 8 aromatic carbocycles. The second-order valence-corrected chi connectivity index (χ2v) is 15.7. The van der Waals surface area contributed by atoms with Crippen LogP contribution in [-0.2, 0) is 27.1 Å². The van der Waals surface area contributed by atoms with E-state index in [-0.39, 0.29) is 11.8 Å². The lowest BCUT2D eigenvalue weighted by Gasteiger charge is -2.37. The lowest BCUT2D eigenvalue weighted by molar-refractivity contribution is -0.117. The summed E-state index contributed by atoms with van der Waals surface area (Å²) in [5, 5.41) is 13.8. The first-order valence-electron chi connectivity index (χ1n) is 21.6. The Balaban J connectivity index is 0.847. The van der Waals surface area contributed by atoms with Gasteiger partial charge in [-0.25, -0.2) is 0 Å². The number of carbonyl (C=O) groups is 2. The molecule has 6 heteroatoms. The van der Waals surface area contributed by atoms with E-state index in [4.69, 9.17) is 0 Å². The van der Waals surface area contributed by atoms with E-state index in [0.717, 1.165) is 62.3 Å². The van der Waals surface area contributed by atoms with Crippen LogP contribution in [0.5, 0.6) is 0 Å². The summed E-state index contributed by atoms with van der Waals surface area (Å²) in [6, 6.07) is 78.4. The zero-order valence-electron chi connectivity index (χ0n) is 35.3. The Morgan fingerprint density at radius 2 is 0.556 bits per heavy atom. The summed E-state index contributed by atoms with van der Waals surface area (Å²) in [7, 11) is 0. The first-order valence-corrected chi connectivity index (χ1v) is 21.6. The Hall–Kier alpha value is -7.38. The molecule has 0 saturated heterocycles. The van der Waals surface area contributed by atoms with Gasteiger partial charge in [-0.1, -0.05) is 206 Å². The Morgan fingerprint density at radius 3 is 0.794 bits per heavy atom. The number of nitrogens with one attached hydrogen (secondary N) is 4.